The number of H-pyrrole nitrogens is 1. The number of benzene rings is 1. The molecular formula is C15H18FN5O2. The molecule has 122 valence electrons. The van der Waals surface area contributed by atoms with Crippen molar-refractivity contribution in [3.05, 3.63) is 47.5 Å². The molecule has 1 aliphatic heterocycles. The minimum absolute atomic E-state index is 0.146. The number of nitrogens with zero attached hydrogens (tertiary/aromatic N) is 3. The van der Waals surface area contributed by atoms with Crippen LogP contribution in [0.1, 0.15) is 17.7 Å². The van der Waals surface area contributed by atoms with Crippen LogP contribution in [-0.4, -0.2) is 51.0 Å². The van der Waals surface area contributed by atoms with Gasteiger partial charge in [0.15, 0.2) is 0 Å². The van der Waals surface area contributed by atoms with E-state index in [0.717, 1.165) is 0 Å². The van der Waals surface area contributed by atoms with Crippen LogP contribution in [0, 0.1) is 5.82 Å². The standard InChI is InChI=1S/C15H18FN5O2/c16-12-4-2-1-3-11(12)7-17-14(22)9-21-6-5-15(23,10-21)13-8-18-20-19-13/h1-4,8,23H,5-7,9-10H2,(H,17,22)(H,18,19,20)/t15-/m0/s1. The Labute approximate surface area is 132 Å². The molecule has 1 saturated heterocycles. The number of amides is 1. The SMILES string of the molecule is O=C(CN1CC[C@@](O)(c2cn[nH]n2)C1)NCc1ccccc1F. The van der Waals surface area contributed by atoms with Gasteiger partial charge in [0.25, 0.3) is 0 Å². The lowest BCUT2D eigenvalue weighted by Gasteiger charge is -2.20. The van der Waals surface area contributed by atoms with E-state index in [4.69, 9.17) is 0 Å². The molecule has 1 atom stereocenters. The first kappa shape index (κ1) is 15.6. The summed E-state index contributed by atoms with van der Waals surface area (Å²) in [5.41, 5.74) is -0.160. The van der Waals surface area contributed by atoms with Crippen LogP contribution in [-0.2, 0) is 16.9 Å². The highest BCUT2D eigenvalue weighted by molar-refractivity contribution is 5.78. The Hall–Kier alpha value is -2.32. The number of likely N-dealkylation sites (tertiary alicyclic amines) is 1. The zero-order valence-corrected chi connectivity index (χ0v) is 12.5. The van der Waals surface area contributed by atoms with Gasteiger partial charge in [-0.05, 0) is 12.5 Å². The van der Waals surface area contributed by atoms with Gasteiger partial charge in [-0.15, -0.1) is 0 Å². The normalized spacial score (nSPS) is 21.5. The molecule has 0 aliphatic carbocycles. The zero-order chi connectivity index (χ0) is 16.3. The summed E-state index contributed by atoms with van der Waals surface area (Å²) in [5.74, 6) is -0.549. The number of aromatic nitrogens is 3. The number of carbonyl (C=O) groups excluding carboxylic acids is 1. The predicted octanol–water partition coefficient (Wildman–Crippen LogP) is 0.154. The van der Waals surface area contributed by atoms with E-state index in [1.165, 1.54) is 12.3 Å². The summed E-state index contributed by atoms with van der Waals surface area (Å²) in [5, 5.41) is 23.3. The fourth-order valence-electron chi connectivity index (χ4n) is 2.74. The zero-order valence-electron chi connectivity index (χ0n) is 12.5. The molecule has 2 heterocycles. The molecule has 3 N–H and O–H groups in total. The third-order valence-corrected chi connectivity index (χ3v) is 4.02. The van der Waals surface area contributed by atoms with Crippen LogP contribution in [0.5, 0.6) is 0 Å². The maximum absolute atomic E-state index is 13.5. The number of halogens is 1. The van der Waals surface area contributed by atoms with Gasteiger partial charge in [-0.1, -0.05) is 18.2 Å². The summed E-state index contributed by atoms with van der Waals surface area (Å²) in [6, 6.07) is 6.33. The van der Waals surface area contributed by atoms with Gasteiger partial charge in [-0.25, -0.2) is 4.39 Å². The molecule has 2 aromatic rings. The highest BCUT2D eigenvalue weighted by Crippen LogP contribution is 2.29. The average molecular weight is 319 g/mol. The van der Waals surface area contributed by atoms with Crippen LogP contribution < -0.4 is 5.32 Å². The monoisotopic (exact) mass is 319 g/mol. The number of carbonyl (C=O) groups is 1. The van der Waals surface area contributed by atoms with Crippen LogP contribution >= 0.6 is 0 Å². The van der Waals surface area contributed by atoms with E-state index in [9.17, 15) is 14.3 Å². The molecule has 7 nitrogen and oxygen atoms in total. The minimum Gasteiger partial charge on any atom is -0.382 e. The first-order chi connectivity index (χ1) is 11.1. The van der Waals surface area contributed by atoms with Crippen molar-refractivity contribution in [3.63, 3.8) is 0 Å². The molecule has 1 aliphatic rings. The second kappa shape index (κ2) is 6.43. The molecule has 0 saturated carbocycles. The molecule has 0 unspecified atom stereocenters. The summed E-state index contributed by atoms with van der Waals surface area (Å²) in [6.07, 6.45) is 1.97. The number of β-amino-alcohol motifs (C(OH)–C–C–N with tert-alkyl or cyclic N) is 1. The topological polar surface area (TPSA) is 94.1 Å². The third kappa shape index (κ3) is 3.54. The van der Waals surface area contributed by atoms with Gasteiger partial charge in [0, 0.05) is 25.2 Å². The number of hydrogen-bond acceptors (Lipinski definition) is 5. The quantitative estimate of drug-likeness (QED) is 0.729. The summed E-state index contributed by atoms with van der Waals surface area (Å²) in [7, 11) is 0. The van der Waals surface area contributed by atoms with Crippen molar-refractivity contribution in [1.82, 2.24) is 25.6 Å². The average Bonchev–Trinajstić information content (AvgIpc) is 3.17. The Bertz CT molecular complexity index is 678. The smallest absolute Gasteiger partial charge is 0.234 e. The molecule has 1 aromatic carbocycles. The Balaban J connectivity index is 1.50. The fraction of sp³-hybridized carbons (Fsp3) is 0.400. The van der Waals surface area contributed by atoms with E-state index in [-0.39, 0.29) is 24.8 Å². The molecule has 23 heavy (non-hydrogen) atoms. The first-order valence-electron chi connectivity index (χ1n) is 7.38. The van der Waals surface area contributed by atoms with Gasteiger partial charge in [-0.2, -0.15) is 15.4 Å². The summed E-state index contributed by atoms with van der Waals surface area (Å²) < 4.78 is 13.5. The molecule has 0 spiro atoms. The number of rotatable bonds is 5. The Kier molecular flexibility index (Phi) is 4.35. The number of nitrogens with one attached hydrogen (secondary N) is 2. The van der Waals surface area contributed by atoms with Gasteiger partial charge in [0.2, 0.25) is 5.91 Å². The lowest BCUT2D eigenvalue weighted by molar-refractivity contribution is -0.122. The second-order valence-corrected chi connectivity index (χ2v) is 5.72. The molecule has 1 amide bonds. The molecule has 3 rings (SSSR count). The maximum Gasteiger partial charge on any atom is 0.234 e. The highest BCUT2D eigenvalue weighted by atomic mass is 19.1. The van der Waals surface area contributed by atoms with Gasteiger partial charge in [-0.3, -0.25) is 9.69 Å². The van der Waals surface area contributed by atoms with Crippen molar-refractivity contribution in [2.24, 2.45) is 0 Å². The first-order valence-corrected chi connectivity index (χ1v) is 7.38. The highest BCUT2D eigenvalue weighted by Gasteiger charge is 2.40. The number of aromatic amines is 1. The number of aliphatic hydroxyl groups is 1. The predicted molar refractivity (Wildman–Crippen MR) is 79.6 cm³/mol. The molecule has 1 aromatic heterocycles. The van der Waals surface area contributed by atoms with Crippen LogP contribution in [0.3, 0.4) is 0 Å². The van der Waals surface area contributed by atoms with Crippen LogP contribution in [0.15, 0.2) is 30.5 Å². The van der Waals surface area contributed by atoms with E-state index in [1.54, 1.807) is 18.2 Å². The maximum atomic E-state index is 13.5. The van der Waals surface area contributed by atoms with E-state index >= 15 is 0 Å². The summed E-state index contributed by atoms with van der Waals surface area (Å²) in [4.78, 5) is 13.8. The van der Waals surface area contributed by atoms with Crippen molar-refractivity contribution >= 4 is 5.91 Å². The van der Waals surface area contributed by atoms with Crippen LogP contribution in [0.25, 0.3) is 0 Å². The largest absolute Gasteiger partial charge is 0.382 e. The molecule has 8 heteroatoms. The van der Waals surface area contributed by atoms with E-state index in [2.05, 4.69) is 20.7 Å². The fourth-order valence-corrected chi connectivity index (χ4v) is 2.74. The lowest BCUT2D eigenvalue weighted by Crippen LogP contribution is -2.38. The Morgan fingerprint density at radius 3 is 3.04 bits per heavy atom. The number of hydrogen-bond donors (Lipinski definition) is 3. The van der Waals surface area contributed by atoms with Crippen molar-refractivity contribution in [3.8, 4) is 0 Å². The summed E-state index contributed by atoms with van der Waals surface area (Å²) in [6.45, 7) is 1.19. The van der Waals surface area contributed by atoms with Crippen molar-refractivity contribution < 1.29 is 14.3 Å². The second-order valence-electron chi connectivity index (χ2n) is 5.72. The van der Waals surface area contributed by atoms with Crippen LogP contribution in [0.4, 0.5) is 4.39 Å². The molecule has 0 radical (unpaired) electrons. The third-order valence-electron chi connectivity index (χ3n) is 4.02. The Morgan fingerprint density at radius 2 is 2.30 bits per heavy atom. The Morgan fingerprint density at radius 1 is 1.48 bits per heavy atom. The van der Waals surface area contributed by atoms with Gasteiger partial charge >= 0.3 is 0 Å². The molecular weight excluding hydrogens is 301 g/mol. The van der Waals surface area contributed by atoms with Crippen LogP contribution in [0.2, 0.25) is 0 Å². The van der Waals surface area contributed by atoms with E-state index < -0.39 is 5.60 Å². The molecule has 0 bridgehead atoms. The van der Waals surface area contributed by atoms with Gasteiger partial charge in [0.1, 0.15) is 17.1 Å². The van der Waals surface area contributed by atoms with Crippen molar-refractivity contribution in [1.29, 1.82) is 0 Å². The van der Waals surface area contributed by atoms with E-state index in [0.29, 0.717) is 30.8 Å². The van der Waals surface area contributed by atoms with Gasteiger partial charge in [0.05, 0.1) is 12.7 Å². The lowest BCUT2D eigenvalue weighted by atomic mass is 10.0. The molecule has 1 fully saturated rings. The van der Waals surface area contributed by atoms with Gasteiger partial charge < -0.3 is 10.4 Å². The van der Waals surface area contributed by atoms with Crippen molar-refractivity contribution in [2.45, 2.75) is 18.6 Å². The van der Waals surface area contributed by atoms with E-state index in [1.807, 2.05) is 4.90 Å². The minimum atomic E-state index is -1.08. The summed E-state index contributed by atoms with van der Waals surface area (Å²) >= 11 is 0. The van der Waals surface area contributed by atoms with Crippen molar-refractivity contribution in [2.75, 3.05) is 19.6 Å².